The van der Waals surface area contributed by atoms with E-state index >= 15 is 4.39 Å². The Kier molecular flexibility index (Phi) is 4.68. The first-order valence-electron chi connectivity index (χ1n) is 11.7. The highest BCUT2D eigenvalue weighted by molar-refractivity contribution is 5.84. The Bertz CT molecular complexity index is 1320. The van der Waals surface area contributed by atoms with Crippen LogP contribution in [0.15, 0.2) is 30.5 Å². The van der Waals surface area contributed by atoms with Crippen LogP contribution in [0.25, 0.3) is 27.8 Å². The number of piperidine rings is 1. The molecule has 6 rings (SSSR count). The van der Waals surface area contributed by atoms with Gasteiger partial charge in [-0.2, -0.15) is 15.3 Å². The molecule has 0 atom stereocenters. The van der Waals surface area contributed by atoms with Crippen molar-refractivity contribution in [2.45, 2.75) is 51.4 Å². The van der Waals surface area contributed by atoms with E-state index in [1.54, 1.807) is 6.07 Å². The third-order valence-electron chi connectivity index (χ3n) is 7.01. The van der Waals surface area contributed by atoms with Gasteiger partial charge in [-0.05, 0) is 82.4 Å². The highest BCUT2D eigenvalue weighted by Gasteiger charge is 2.28. The Balaban J connectivity index is 1.38. The molecule has 2 fully saturated rings. The normalized spacial score (nSPS) is 18.1. The first-order chi connectivity index (χ1) is 15.6. The lowest BCUT2D eigenvalue weighted by molar-refractivity contribution is 0.220. The number of aryl methyl sites for hydroxylation is 1. The number of nitrogens with zero attached hydrogens (tertiary/aromatic N) is 6. The molecule has 3 aromatic heterocycles. The zero-order valence-electron chi connectivity index (χ0n) is 18.6. The second kappa shape index (κ2) is 7.59. The van der Waals surface area contributed by atoms with Crippen LogP contribution in [0.4, 0.5) is 4.39 Å². The van der Waals surface area contributed by atoms with Gasteiger partial charge in [0.15, 0.2) is 5.65 Å². The quantitative estimate of drug-likeness (QED) is 0.463. The molecule has 0 N–H and O–H groups in total. The second-order valence-electron chi connectivity index (χ2n) is 9.28. The Hall–Kier alpha value is -2.93. The van der Waals surface area contributed by atoms with Gasteiger partial charge in [-0.1, -0.05) is 6.92 Å². The van der Waals surface area contributed by atoms with Crippen LogP contribution in [0.2, 0.25) is 0 Å². The standard InChI is InChI=1S/C25H27FN6/c1-3-31-8-6-17(7-9-31)22-13-20-21(26)10-18(11-24(20)29-28-22)23-12-19(16-4-5-16)25-27-15(2)14-32(25)30-23/h10-14,16-17H,3-9H2,1-2H3. The average molecular weight is 431 g/mol. The molecule has 7 heteroatoms. The number of benzene rings is 1. The van der Waals surface area contributed by atoms with E-state index in [9.17, 15) is 0 Å². The van der Waals surface area contributed by atoms with E-state index in [4.69, 9.17) is 5.10 Å². The van der Waals surface area contributed by atoms with E-state index in [2.05, 4.69) is 33.1 Å². The number of likely N-dealkylation sites (tertiary alicyclic amines) is 1. The summed E-state index contributed by atoms with van der Waals surface area (Å²) in [6.07, 6.45) is 6.36. The summed E-state index contributed by atoms with van der Waals surface area (Å²) in [7, 11) is 0. The minimum absolute atomic E-state index is 0.267. The lowest BCUT2D eigenvalue weighted by Gasteiger charge is -2.30. The largest absolute Gasteiger partial charge is 0.304 e. The van der Waals surface area contributed by atoms with Crippen LogP contribution < -0.4 is 0 Å². The second-order valence-corrected chi connectivity index (χ2v) is 9.28. The van der Waals surface area contributed by atoms with Crippen LogP contribution in [-0.2, 0) is 0 Å². The van der Waals surface area contributed by atoms with E-state index in [-0.39, 0.29) is 5.82 Å². The fourth-order valence-electron chi connectivity index (χ4n) is 4.96. The van der Waals surface area contributed by atoms with Crippen molar-refractivity contribution >= 4 is 16.6 Å². The number of rotatable bonds is 4. The molecule has 0 spiro atoms. The molecule has 0 amide bonds. The van der Waals surface area contributed by atoms with Crippen LogP contribution in [0.3, 0.4) is 0 Å². The topological polar surface area (TPSA) is 59.2 Å². The van der Waals surface area contributed by atoms with E-state index in [0.29, 0.717) is 22.7 Å². The smallest absolute Gasteiger partial charge is 0.157 e. The summed E-state index contributed by atoms with van der Waals surface area (Å²) in [6.45, 7) is 7.37. The van der Waals surface area contributed by atoms with Crippen LogP contribution in [0.5, 0.6) is 0 Å². The van der Waals surface area contributed by atoms with Gasteiger partial charge in [0.2, 0.25) is 0 Å². The zero-order valence-corrected chi connectivity index (χ0v) is 18.6. The first kappa shape index (κ1) is 19.7. The van der Waals surface area contributed by atoms with E-state index in [1.165, 1.54) is 18.4 Å². The Labute approximate surface area is 186 Å². The third-order valence-corrected chi connectivity index (χ3v) is 7.01. The summed E-state index contributed by atoms with van der Waals surface area (Å²) in [5.41, 5.74) is 6.00. The van der Waals surface area contributed by atoms with Crippen molar-refractivity contribution in [2.24, 2.45) is 0 Å². The predicted octanol–water partition coefficient (Wildman–Crippen LogP) is 4.86. The first-order valence-corrected chi connectivity index (χ1v) is 11.7. The maximum Gasteiger partial charge on any atom is 0.157 e. The third kappa shape index (κ3) is 3.45. The van der Waals surface area contributed by atoms with Crippen molar-refractivity contribution in [2.75, 3.05) is 19.6 Å². The molecular weight excluding hydrogens is 403 g/mol. The summed E-state index contributed by atoms with van der Waals surface area (Å²) >= 11 is 0. The van der Waals surface area contributed by atoms with Gasteiger partial charge in [0.25, 0.3) is 0 Å². The Morgan fingerprint density at radius 2 is 1.81 bits per heavy atom. The SMILES string of the molecule is CCN1CCC(c2cc3c(F)cc(-c4cc(C5CC5)c5nc(C)cn5n4)cc3nn2)CC1. The van der Waals surface area contributed by atoms with Gasteiger partial charge in [0, 0.05) is 22.4 Å². The Morgan fingerprint density at radius 3 is 2.56 bits per heavy atom. The molecule has 2 aliphatic rings. The van der Waals surface area contributed by atoms with E-state index in [0.717, 1.165) is 60.8 Å². The fourth-order valence-corrected chi connectivity index (χ4v) is 4.96. The summed E-state index contributed by atoms with van der Waals surface area (Å²) in [6, 6.07) is 7.47. The average Bonchev–Trinajstić information content (AvgIpc) is 3.58. The van der Waals surface area contributed by atoms with Crippen LogP contribution in [0, 0.1) is 12.7 Å². The van der Waals surface area contributed by atoms with Crippen molar-refractivity contribution in [1.82, 2.24) is 29.7 Å². The molecule has 0 radical (unpaired) electrons. The van der Waals surface area contributed by atoms with Gasteiger partial charge in [0.1, 0.15) is 5.82 Å². The molecule has 0 bridgehead atoms. The van der Waals surface area contributed by atoms with Crippen LogP contribution >= 0.6 is 0 Å². The fraction of sp³-hybridized carbons (Fsp3) is 0.440. The molecule has 1 aliphatic carbocycles. The maximum atomic E-state index is 15.3. The molecule has 4 aromatic rings. The molecular formula is C25H27FN6. The molecule has 1 aromatic carbocycles. The lowest BCUT2D eigenvalue weighted by atomic mass is 9.92. The molecule has 1 saturated carbocycles. The molecule has 6 nitrogen and oxygen atoms in total. The molecule has 4 heterocycles. The highest BCUT2D eigenvalue weighted by Crippen LogP contribution is 2.42. The Morgan fingerprint density at radius 1 is 1.00 bits per heavy atom. The minimum Gasteiger partial charge on any atom is -0.304 e. The summed E-state index contributed by atoms with van der Waals surface area (Å²) in [5.74, 6) is 0.604. The molecule has 1 aliphatic heterocycles. The van der Waals surface area contributed by atoms with Gasteiger partial charge in [-0.15, -0.1) is 0 Å². The van der Waals surface area contributed by atoms with Gasteiger partial charge >= 0.3 is 0 Å². The van der Waals surface area contributed by atoms with Crippen molar-refractivity contribution in [3.63, 3.8) is 0 Å². The number of aromatic nitrogens is 5. The number of imidazole rings is 1. The molecule has 32 heavy (non-hydrogen) atoms. The number of hydrogen-bond donors (Lipinski definition) is 0. The van der Waals surface area contributed by atoms with Gasteiger partial charge in [-0.3, -0.25) is 0 Å². The summed E-state index contributed by atoms with van der Waals surface area (Å²) in [4.78, 5) is 7.09. The highest BCUT2D eigenvalue weighted by atomic mass is 19.1. The summed E-state index contributed by atoms with van der Waals surface area (Å²) < 4.78 is 17.1. The maximum absolute atomic E-state index is 15.3. The van der Waals surface area contributed by atoms with Crippen LogP contribution in [0.1, 0.15) is 61.4 Å². The zero-order chi connectivity index (χ0) is 21.8. The van der Waals surface area contributed by atoms with Crippen LogP contribution in [-0.4, -0.2) is 49.3 Å². The predicted molar refractivity (Wildman–Crippen MR) is 122 cm³/mol. The van der Waals surface area contributed by atoms with E-state index in [1.807, 2.05) is 29.8 Å². The van der Waals surface area contributed by atoms with Gasteiger partial charge < -0.3 is 4.90 Å². The molecule has 1 saturated heterocycles. The number of fused-ring (bicyclic) bond motifs is 2. The van der Waals surface area contributed by atoms with Crippen molar-refractivity contribution in [3.05, 3.63) is 53.2 Å². The van der Waals surface area contributed by atoms with Crippen molar-refractivity contribution in [1.29, 1.82) is 0 Å². The molecule has 0 unspecified atom stereocenters. The van der Waals surface area contributed by atoms with Gasteiger partial charge in [0.05, 0.1) is 28.8 Å². The number of hydrogen-bond acceptors (Lipinski definition) is 5. The lowest BCUT2D eigenvalue weighted by Crippen LogP contribution is -2.32. The number of halogens is 1. The van der Waals surface area contributed by atoms with Crippen molar-refractivity contribution in [3.8, 4) is 11.3 Å². The molecule has 164 valence electrons. The van der Waals surface area contributed by atoms with Crippen molar-refractivity contribution < 1.29 is 4.39 Å². The minimum atomic E-state index is -0.267. The van der Waals surface area contributed by atoms with Gasteiger partial charge in [-0.25, -0.2) is 13.9 Å². The summed E-state index contributed by atoms with van der Waals surface area (Å²) in [5, 5.41) is 14.2. The monoisotopic (exact) mass is 430 g/mol. The van der Waals surface area contributed by atoms with E-state index < -0.39 is 0 Å².